The first kappa shape index (κ1) is 21.0. The molecule has 160 valence electrons. The van der Waals surface area contributed by atoms with Crippen molar-refractivity contribution < 1.29 is 17.9 Å². The molecule has 0 saturated heterocycles. The van der Waals surface area contributed by atoms with Crippen LogP contribution in [0.3, 0.4) is 0 Å². The average molecular weight is 449 g/mol. The van der Waals surface area contributed by atoms with Gasteiger partial charge >= 0.3 is 0 Å². The summed E-state index contributed by atoms with van der Waals surface area (Å²) in [5, 5.41) is 3.42. The van der Waals surface area contributed by atoms with Gasteiger partial charge in [-0.05, 0) is 61.4 Å². The van der Waals surface area contributed by atoms with E-state index in [1.165, 1.54) is 31.7 Å². The fraction of sp³-hybridized carbons (Fsp3) is 0.409. The Balaban J connectivity index is 1.65. The standard InChI is InChI=1S/C22H25ClN2O4S/c1-29-21-10-9-17(23)13-20(21)25(30(27,28)18-5-3-2-4-6-18)14-22(26)24-19-12-15-7-8-16(19)11-15/h2-6,9-10,13,15-16,19H,7-8,11-12,14H2,1H3,(H,24,26). The minimum atomic E-state index is -4.01. The Morgan fingerprint density at radius 3 is 2.57 bits per heavy atom. The predicted octanol–water partition coefficient (Wildman–Crippen LogP) is 3.85. The van der Waals surface area contributed by atoms with Gasteiger partial charge in [-0.3, -0.25) is 9.10 Å². The molecule has 2 aromatic carbocycles. The van der Waals surface area contributed by atoms with Gasteiger partial charge < -0.3 is 10.1 Å². The number of nitrogens with one attached hydrogen (secondary N) is 1. The van der Waals surface area contributed by atoms with Crippen molar-refractivity contribution in [2.75, 3.05) is 18.0 Å². The number of methoxy groups -OCH3 is 1. The Morgan fingerprint density at radius 1 is 1.17 bits per heavy atom. The lowest BCUT2D eigenvalue weighted by Crippen LogP contribution is -2.46. The molecule has 0 heterocycles. The van der Waals surface area contributed by atoms with E-state index in [1.54, 1.807) is 30.3 Å². The molecule has 2 aliphatic carbocycles. The van der Waals surface area contributed by atoms with Gasteiger partial charge in [0.25, 0.3) is 10.0 Å². The van der Waals surface area contributed by atoms with Crippen molar-refractivity contribution in [2.24, 2.45) is 11.8 Å². The van der Waals surface area contributed by atoms with Gasteiger partial charge in [-0.25, -0.2) is 8.42 Å². The van der Waals surface area contributed by atoms with Crippen molar-refractivity contribution in [2.45, 2.75) is 36.6 Å². The van der Waals surface area contributed by atoms with Gasteiger partial charge in [-0.2, -0.15) is 0 Å². The third-order valence-corrected chi connectivity index (χ3v) is 8.12. The molecule has 8 heteroatoms. The summed E-state index contributed by atoms with van der Waals surface area (Å²) in [4.78, 5) is 13.0. The molecule has 0 radical (unpaired) electrons. The first-order valence-electron chi connectivity index (χ1n) is 10.1. The van der Waals surface area contributed by atoms with E-state index < -0.39 is 10.0 Å². The number of hydrogen-bond donors (Lipinski definition) is 1. The Labute approximate surface area is 182 Å². The van der Waals surface area contributed by atoms with E-state index in [9.17, 15) is 13.2 Å². The first-order chi connectivity index (χ1) is 14.4. The molecule has 0 aliphatic heterocycles. The maximum atomic E-state index is 13.5. The number of hydrogen-bond acceptors (Lipinski definition) is 4. The lowest BCUT2D eigenvalue weighted by molar-refractivity contribution is -0.120. The van der Waals surface area contributed by atoms with Gasteiger partial charge in [-0.1, -0.05) is 36.2 Å². The molecule has 1 N–H and O–H groups in total. The van der Waals surface area contributed by atoms with Crippen LogP contribution >= 0.6 is 11.6 Å². The molecule has 6 nitrogen and oxygen atoms in total. The van der Waals surface area contributed by atoms with Crippen LogP contribution in [0.25, 0.3) is 0 Å². The van der Waals surface area contributed by atoms with Crippen LogP contribution in [0.4, 0.5) is 5.69 Å². The van der Waals surface area contributed by atoms with E-state index in [1.807, 2.05) is 0 Å². The number of rotatable bonds is 7. The number of carbonyl (C=O) groups is 1. The SMILES string of the molecule is COc1ccc(Cl)cc1N(CC(=O)NC1CC2CCC1C2)S(=O)(=O)c1ccccc1. The Kier molecular flexibility index (Phi) is 5.93. The number of ether oxygens (including phenoxy) is 1. The van der Waals surface area contributed by atoms with Crippen LogP contribution in [0.1, 0.15) is 25.7 Å². The molecule has 2 aromatic rings. The van der Waals surface area contributed by atoms with Gasteiger partial charge in [-0.15, -0.1) is 0 Å². The third kappa shape index (κ3) is 4.14. The largest absolute Gasteiger partial charge is 0.495 e. The monoisotopic (exact) mass is 448 g/mol. The summed E-state index contributed by atoms with van der Waals surface area (Å²) in [6, 6.07) is 12.9. The highest BCUT2D eigenvalue weighted by Crippen LogP contribution is 2.44. The Bertz CT molecular complexity index is 1030. The smallest absolute Gasteiger partial charge is 0.264 e. The highest BCUT2D eigenvalue weighted by atomic mass is 35.5. The molecule has 2 saturated carbocycles. The summed E-state index contributed by atoms with van der Waals surface area (Å²) in [5.41, 5.74) is 0.233. The minimum Gasteiger partial charge on any atom is -0.495 e. The number of fused-ring (bicyclic) bond motifs is 2. The van der Waals surface area contributed by atoms with Crippen LogP contribution in [0.15, 0.2) is 53.4 Å². The van der Waals surface area contributed by atoms with Crippen molar-refractivity contribution >= 4 is 33.2 Å². The Hall–Kier alpha value is -2.25. The van der Waals surface area contributed by atoms with E-state index in [4.69, 9.17) is 16.3 Å². The Morgan fingerprint density at radius 2 is 1.93 bits per heavy atom. The number of nitrogens with zero attached hydrogens (tertiary/aromatic N) is 1. The number of sulfonamides is 1. The highest BCUT2D eigenvalue weighted by molar-refractivity contribution is 7.92. The molecule has 3 atom stereocenters. The van der Waals surface area contributed by atoms with E-state index in [2.05, 4.69) is 5.32 Å². The summed E-state index contributed by atoms with van der Waals surface area (Å²) in [6.45, 7) is -0.345. The maximum Gasteiger partial charge on any atom is 0.264 e. The number of halogens is 1. The van der Waals surface area contributed by atoms with Crippen LogP contribution in [0.2, 0.25) is 5.02 Å². The summed E-state index contributed by atoms with van der Waals surface area (Å²) in [5.74, 6) is 1.18. The van der Waals surface area contributed by atoms with Crippen LogP contribution in [0.5, 0.6) is 5.75 Å². The predicted molar refractivity (Wildman–Crippen MR) is 116 cm³/mol. The fourth-order valence-electron chi connectivity index (χ4n) is 4.68. The second-order valence-corrected chi connectivity index (χ2v) is 10.3. The zero-order chi connectivity index (χ0) is 21.3. The van der Waals surface area contributed by atoms with Crippen LogP contribution in [-0.4, -0.2) is 34.0 Å². The zero-order valence-electron chi connectivity index (χ0n) is 16.8. The second kappa shape index (κ2) is 8.47. The number of amides is 1. The van der Waals surface area contributed by atoms with Crippen LogP contribution < -0.4 is 14.4 Å². The lowest BCUT2D eigenvalue weighted by Gasteiger charge is -2.28. The number of anilines is 1. The van der Waals surface area contributed by atoms with Crippen molar-refractivity contribution in [3.8, 4) is 5.75 Å². The van der Waals surface area contributed by atoms with E-state index in [-0.39, 0.29) is 29.1 Å². The minimum absolute atomic E-state index is 0.0970. The van der Waals surface area contributed by atoms with Crippen molar-refractivity contribution in [3.63, 3.8) is 0 Å². The zero-order valence-corrected chi connectivity index (χ0v) is 18.3. The molecule has 2 aliphatic rings. The average Bonchev–Trinajstić information content (AvgIpc) is 3.36. The third-order valence-electron chi connectivity index (χ3n) is 6.11. The fourth-order valence-corrected chi connectivity index (χ4v) is 6.29. The van der Waals surface area contributed by atoms with Crippen molar-refractivity contribution in [1.29, 1.82) is 0 Å². The van der Waals surface area contributed by atoms with E-state index >= 15 is 0 Å². The quantitative estimate of drug-likeness (QED) is 0.698. The topological polar surface area (TPSA) is 75.7 Å². The number of benzene rings is 2. The summed E-state index contributed by atoms with van der Waals surface area (Å²) in [6.07, 6.45) is 4.48. The van der Waals surface area contributed by atoms with Crippen LogP contribution in [0, 0.1) is 11.8 Å². The van der Waals surface area contributed by atoms with Crippen LogP contribution in [-0.2, 0) is 14.8 Å². The molecule has 0 aromatic heterocycles. The summed E-state index contributed by atoms with van der Waals surface area (Å²) < 4.78 is 33.4. The second-order valence-electron chi connectivity index (χ2n) is 7.99. The molecule has 4 rings (SSSR count). The molecule has 0 spiro atoms. The highest BCUT2D eigenvalue weighted by Gasteiger charge is 2.40. The van der Waals surface area contributed by atoms with Gasteiger partial charge in [0.05, 0.1) is 17.7 Å². The maximum absolute atomic E-state index is 13.5. The first-order valence-corrected chi connectivity index (χ1v) is 11.9. The molecule has 2 fully saturated rings. The molecule has 1 amide bonds. The summed E-state index contributed by atoms with van der Waals surface area (Å²) >= 11 is 6.15. The van der Waals surface area contributed by atoms with Gasteiger partial charge in [0.2, 0.25) is 5.91 Å². The number of carbonyl (C=O) groups excluding carboxylic acids is 1. The normalized spacial score (nSPS) is 22.7. The van der Waals surface area contributed by atoms with Gasteiger partial charge in [0.15, 0.2) is 0 Å². The molecule has 30 heavy (non-hydrogen) atoms. The lowest BCUT2D eigenvalue weighted by atomic mass is 9.95. The van der Waals surface area contributed by atoms with Crippen molar-refractivity contribution in [1.82, 2.24) is 5.32 Å². The molecule has 2 bridgehead atoms. The molecular weight excluding hydrogens is 424 g/mol. The van der Waals surface area contributed by atoms with E-state index in [0.717, 1.165) is 23.6 Å². The van der Waals surface area contributed by atoms with Crippen molar-refractivity contribution in [3.05, 3.63) is 53.6 Å². The summed E-state index contributed by atoms with van der Waals surface area (Å²) in [7, 11) is -2.55. The molecule has 3 unspecified atom stereocenters. The molecular formula is C22H25ClN2O4S. The van der Waals surface area contributed by atoms with Gasteiger partial charge in [0.1, 0.15) is 12.3 Å². The van der Waals surface area contributed by atoms with E-state index in [0.29, 0.717) is 22.6 Å². The van der Waals surface area contributed by atoms with Gasteiger partial charge in [0, 0.05) is 11.1 Å².